The molecule has 0 spiro atoms. The van der Waals surface area contributed by atoms with Gasteiger partial charge in [-0.15, -0.1) is 0 Å². The number of esters is 1. The van der Waals surface area contributed by atoms with Crippen LogP contribution in [0.1, 0.15) is 43.6 Å². The molecule has 5 nitrogen and oxygen atoms in total. The first-order valence-corrected chi connectivity index (χ1v) is 9.82. The number of carbonyl (C=O) groups excluding carboxylic acids is 1. The Balaban J connectivity index is 1.58. The molecule has 2 heterocycles. The minimum Gasteiger partial charge on any atom is -0.465 e. The molecule has 1 aliphatic rings. The summed E-state index contributed by atoms with van der Waals surface area (Å²) in [6.07, 6.45) is 2.00. The molecule has 0 bridgehead atoms. The van der Waals surface area contributed by atoms with Crippen molar-refractivity contribution in [3.05, 3.63) is 65.9 Å². The number of rotatable bonds is 4. The van der Waals surface area contributed by atoms with Crippen LogP contribution in [0.5, 0.6) is 0 Å². The fourth-order valence-electron chi connectivity index (χ4n) is 3.62. The van der Waals surface area contributed by atoms with Crippen molar-refractivity contribution in [1.82, 2.24) is 4.57 Å². The van der Waals surface area contributed by atoms with Crippen LogP contribution >= 0.6 is 0 Å². The number of aromatic nitrogens is 1. The molecule has 0 saturated carbocycles. The molecule has 0 aliphatic carbocycles. The zero-order chi connectivity index (χ0) is 20.8. The maximum atomic E-state index is 12.2. The van der Waals surface area contributed by atoms with E-state index in [1.807, 2.05) is 36.5 Å². The molecule has 4 rings (SSSR count). The second kappa shape index (κ2) is 7.04. The number of ether oxygens (including phenoxy) is 1. The monoisotopic (exact) mass is 391 g/mol. The summed E-state index contributed by atoms with van der Waals surface area (Å²) in [4.78, 5) is 12.2. The Morgan fingerprint density at radius 1 is 1.00 bits per heavy atom. The Morgan fingerprint density at radius 3 is 2.28 bits per heavy atom. The van der Waals surface area contributed by atoms with E-state index in [4.69, 9.17) is 14.0 Å². The molecule has 6 heteroatoms. The van der Waals surface area contributed by atoms with Gasteiger partial charge < -0.3 is 18.6 Å². The fraction of sp³-hybridized carbons (Fsp3) is 0.348. The number of fused-ring (bicyclic) bond motifs is 1. The lowest BCUT2D eigenvalue weighted by atomic mass is 9.79. The van der Waals surface area contributed by atoms with Gasteiger partial charge >= 0.3 is 13.1 Å². The van der Waals surface area contributed by atoms with Gasteiger partial charge in [0.05, 0.1) is 29.4 Å². The van der Waals surface area contributed by atoms with Crippen molar-refractivity contribution in [2.24, 2.45) is 0 Å². The van der Waals surface area contributed by atoms with E-state index in [0.717, 1.165) is 21.9 Å². The van der Waals surface area contributed by atoms with Crippen LogP contribution in [-0.2, 0) is 20.6 Å². The average molecular weight is 391 g/mol. The van der Waals surface area contributed by atoms with Crippen LogP contribution in [0.2, 0.25) is 0 Å². The third-order valence-electron chi connectivity index (χ3n) is 6.05. The SMILES string of the molecule is COC(=O)c1cccc2ccn(Cc3ccc(B4OC(C)(C)C(C)(C)O4)cc3)c12. The summed E-state index contributed by atoms with van der Waals surface area (Å²) in [7, 11) is 1.04. The minimum absolute atomic E-state index is 0.327. The third-order valence-corrected chi connectivity index (χ3v) is 6.05. The fourth-order valence-corrected chi connectivity index (χ4v) is 3.62. The topological polar surface area (TPSA) is 49.7 Å². The molecule has 1 fully saturated rings. The van der Waals surface area contributed by atoms with E-state index in [2.05, 4.69) is 44.4 Å². The van der Waals surface area contributed by atoms with Crippen molar-refractivity contribution in [2.75, 3.05) is 7.11 Å². The highest BCUT2D eigenvalue weighted by atomic mass is 16.7. The second-order valence-corrected chi connectivity index (χ2v) is 8.51. The van der Waals surface area contributed by atoms with Gasteiger partial charge in [0.25, 0.3) is 0 Å². The third kappa shape index (κ3) is 3.47. The van der Waals surface area contributed by atoms with Crippen LogP contribution in [0.4, 0.5) is 0 Å². The largest absolute Gasteiger partial charge is 0.494 e. The van der Waals surface area contributed by atoms with Crippen LogP contribution in [0.3, 0.4) is 0 Å². The highest BCUT2D eigenvalue weighted by molar-refractivity contribution is 6.62. The van der Waals surface area contributed by atoms with Gasteiger partial charge in [0.15, 0.2) is 0 Å². The predicted octanol–water partition coefficient (Wildman–Crippen LogP) is 3.78. The van der Waals surface area contributed by atoms with E-state index in [9.17, 15) is 4.79 Å². The number of hydrogen-bond acceptors (Lipinski definition) is 4. The molecule has 3 aromatic rings. The van der Waals surface area contributed by atoms with Crippen molar-refractivity contribution >= 4 is 29.5 Å². The van der Waals surface area contributed by atoms with Crippen LogP contribution in [0.25, 0.3) is 10.9 Å². The summed E-state index contributed by atoms with van der Waals surface area (Å²) < 4.78 is 19.3. The molecule has 29 heavy (non-hydrogen) atoms. The van der Waals surface area contributed by atoms with Crippen molar-refractivity contribution in [3.63, 3.8) is 0 Å². The van der Waals surface area contributed by atoms with Crippen LogP contribution in [0, 0.1) is 0 Å². The highest BCUT2D eigenvalue weighted by Crippen LogP contribution is 2.36. The number of carbonyl (C=O) groups is 1. The second-order valence-electron chi connectivity index (χ2n) is 8.51. The zero-order valence-corrected chi connectivity index (χ0v) is 17.6. The number of benzene rings is 2. The molecule has 0 atom stereocenters. The van der Waals surface area contributed by atoms with Gasteiger partial charge in [0.1, 0.15) is 0 Å². The first-order chi connectivity index (χ1) is 13.7. The molecule has 0 N–H and O–H groups in total. The van der Waals surface area contributed by atoms with E-state index in [-0.39, 0.29) is 24.3 Å². The van der Waals surface area contributed by atoms with Crippen LogP contribution in [0.15, 0.2) is 54.7 Å². The predicted molar refractivity (Wildman–Crippen MR) is 115 cm³/mol. The van der Waals surface area contributed by atoms with Gasteiger partial charge in [-0.1, -0.05) is 36.4 Å². The van der Waals surface area contributed by atoms with E-state index < -0.39 is 0 Å². The summed E-state index contributed by atoms with van der Waals surface area (Å²) in [6.45, 7) is 8.87. The molecule has 1 aliphatic heterocycles. The molecule has 0 radical (unpaired) electrons. The molecular formula is C23H26BNO4. The summed E-state index contributed by atoms with van der Waals surface area (Å²) in [5.41, 5.74) is 2.87. The van der Waals surface area contributed by atoms with Gasteiger partial charge in [-0.05, 0) is 50.9 Å². The number of hydrogen-bond donors (Lipinski definition) is 0. The highest BCUT2D eigenvalue weighted by Gasteiger charge is 2.51. The van der Waals surface area contributed by atoms with E-state index in [1.54, 1.807) is 6.07 Å². The Labute approximate surface area is 171 Å². The van der Waals surface area contributed by atoms with Crippen molar-refractivity contribution in [2.45, 2.75) is 45.4 Å². The smallest absolute Gasteiger partial charge is 0.465 e. The van der Waals surface area contributed by atoms with Crippen molar-refractivity contribution in [3.8, 4) is 0 Å². The van der Waals surface area contributed by atoms with Crippen LogP contribution in [-0.4, -0.2) is 36.0 Å². The maximum absolute atomic E-state index is 12.2. The summed E-state index contributed by atoms with van der Waals surface area (Å²) in [5.74, 6) is -0.327. The Kier molecular flexibility index (Phi) is 4.79. The van der Waals surface area contributed by atoms with Crippen molar-refractivity contribution in [1.29, 1.82) is 0 Å². The molecule has 1 saturated heterocycles. The number of para-hydroxylation sites is 1. The Bertz CT molecular complexity index is 1040. The van der Waals surface area contributed by atoms with E-state index in [0.29, 0.717) is 12.1 Å². The van der Waals surface area contributed by atoms with Crippen LogP contribution < -0.4 is 5.46 Å². The summed E-state index contributed by atoms with van der Waals surface area (Å²) in [6, 6.07) is 15.9. The number of nitrogens with zero attached hydrogens (tertiary/aromatic N) is 1. The molecule has 0 unspecified atom stereocenters. The number of methoxy groups -OCH3 is 1. The summed E-state index contributed by atoms with van der Waals surface area (Å²) >= 11 is 0. The molecule has 0 amide bonds. The van der Waals surface area contributed by atoms with Gasteiger partial charge in [0, 0.05) is 18.1 Å². The Hall–Kier alpha value is -2.57. The van der Waals surface area contributed by atoms with Gasteiger partial charge in [-0.3, -0.25) is 0 Å². The van der Waals surface area contributed by atoms with Crippen molar-refractivity contribution < 1.29 is 18.8 Å². The lowest BCUT2D eigenvalue weighted by Gasteiger charge is -2.32. The molecule has 1 aromatic heterocycles. The lowest BCUT2D eigenvalue weighted by molar-refractivity contribution is 0.00578. The van der Waals surface area contributed by atoms with Gasteiger partial charge in [-0.25, -0.2) is 4.79 Å². The normalized spacial score (nSPS) is 17.6. The maximum Gasteiger partial charge on any atom is 0.494 e. The Morgan fingerprint density at radius 2 is 1.66 bits per heavy atom. The first kappa shape index (κ1) is 19.7. The quantitative estimate of drug-likeness (QED) is 0.502. The zero-order valence-electron chi connectivity index (χ0n) is 17.6. The van der Waals surface area contributed by atoms with Gasteiger partial charge in [-0.2, -0.15) is 0 Å². The lowest BCUT2D eigenvalue weighted by Crippen LogP contribution is -2.41. The molecule has 150 valence electrons. The average Bonchev–Trinajstić information content (AvgIpc) is 3.19. The van der Waals surface area contributed by atoms with E-state index in [1.165, 1.54) is 7.11 Å². The summed E-state index contributed by atoms with van der Waals surface area (Å²) in [5, 5.41) is 1.02. The molecular weight excluding hydrogens is 365 g/mol. The van der Waals surface area contributed by atoms with Gasteiger partial charge in [0.2, 0.25) is 0 Å². The standard InChI is InChI=1S/C23H26BNO4/c1-22(2)23(3,4)29-24(28-22)18-11-9-16(10-12-18)15-25-14-13-17-7-6-8-19(20(17)25)21(26)27-5/h6-14H,15H2,1-5H3. The minimum atomic E-state index is -0.368. The molecule has 2 aromatic carbocycles. The van der Waals surface area contributed by atoms with E-state index >= 15 is 0 Å². The first-order valence-electron chi connectivity index (χ1n) is 9.82.